The van der Waals surface area contributed by atoms with Gasteiger partial charge in [0.2, 0.25) is 0 Å². The summed E-state index contributed by atoms with van der Waals surface area (Å²) in [6.45, 7) is 2.46. The smallest absolute Gasteiger partial charge is 0.308 e. The third kappa shape index (κ3) is 7.82. The molecule has 1 unspecified atom stereocenters. The molecule has 2 saturated heterocycles. The summed E-state index contributed by atoms with van der Waals surface area (Å²) in [5.74, 6) is -1.94. The third-order valence-electron chi connectivity index (χ3n) is 9.06. The van der Waals surface area contributed by atoms with Gasteiger partial charge in [0.05, 0.1) is 24.9 Å². The minimum Gasteiger partial charge on any atom is -0.463 e. The number of halogens is 2. The van der Waals surface area contributed by atoms with E-state index in [4.69, 9.17) is 14.2 Å². The highest BCUT2D eigenvalue weighted by molar-refractivity contribution is 8.00. The molecule has 6 rings (SSSR count). The Kier molecular flexibility index (Phi) is 11.4. The summed E-state index contributed by atoms with van der Waals surface area (Å²) in [4.78, 5) is 12.5. The normalized spacial score (nSPS) is 30.2. The molecule has 11 atom stereocenters. The lowest BCUT2D eigenvalue weighted by Gasteiger charge is -2.46. The summed E-state index contributed by atoms with van der Waals surface area (Å²) >= 11 is 0.796. The zero-order valence-electron chi connectivity index (χ0n) is 27.5. The SMILES string of the molecule is CCC(C)C(=O)OC[C@H]1O[C@@H](S[C@@H]2O[C@H](CO)[C@H](O)[C@H](n3cc(-c4cccc(F)c4)nn3)[C@H]2O)[C@H](O)[C@@H](n2cc(-c3cccc(F)c3)nn2)[C@H]1O. The number of aliphatic hydroxyl groups is 5. The standard InChI is InChI=1S/C33H38F2N6O9S/c1-3-16(2)31(47)48-15-24-28(44)26(41-13-22(37-39-41)18-7-5-9-20(35)11-18)30(46)33(50-24)51-32-29(45)25(27(43)23(14-42)49-32)40-12-21(36-38-40)17-6-4-8-19(34)10-17/h4-13,16,23-30,32-33,42-46H,3,14-15H2,1-2H3/t16?,23-,24-,25+,26+,27+,28+,29-,30-,32+,33+/m1/s1. The molecule has 0 radical (unpaired) electrons. The van der Waals surface area contributed by atoms with Crippen LogP contribution in [-0.4, -0.2) is 122 Å². The highest BCUT2D eigenvalue weighted by atomic mass is 32.2. The Morgan fingerprint density at radius 2 is 1.33 bits per heavy atom. The van der Waals surface area contributed by atoms with Crippen molar-refractivity contribution in [3.8, 4) is 22.5 Å². The van der Waals surface area contributed by atoms with Crippen LogP contribution in [0.4, 0.5) is 8.78 Å². The molecule has 2 aromatic heterocycles. The summed E-state index contributed by atoms with van der Waals surface area (Å²) in [7, 11) is 0. The number of esters is 1. The number of hydrogen-bond donors (Lipinski definition) is 5. The summed E-state index contributed by atoms with van der Waals surface area (Å²) in [5, 5.41) is 72.2. The molecule has 2 aliphatic heterocycles. The Morgan fingerprint density at radius 3 is 1.80 bits per heavy atom. The summed E-state index contributed by atoms with van der Waals surface area (Å²) in [5.41, 5.74) is -1.24. The molecule has 2 aliphatic rings. The van der Waals surface area contributed by atoms with Gasteiger partial charge in [-0.2, -0.15) is 0 Å². The second-order valence-electron chi connectivity index (χ2n) is 12.5. The molecular weight excluding hydrogens is 694 g/mol. The Labute approximate surface area is 294 Å². The van der Waals surface area contributed by atoms with Crippen LogP contribution in [-0.2, 0) is 19.0 Å². The molecule has 51 heavy (non-hydrogen) atoms. The number of rotatable bonds is 11. The number of hydrogen-bond acceptors (Lipinski definition) is 14. The quantitative estimate of drug-likeness (QED) is 0.139. The van der Waals surface area contributed by atoms with Crippen LogP contribution < -0.4 is 0 Å². The average molecular weight is 733 g/mol. The minimum absolute atomic E-state index is 0.253. The van der Waals surface area contributed by atoms with Crippen molar-refractivity contribution >= 4 is 17.7 Å². The van der Waals surface area contributed by atoms with E-state index in [1.807, 2.05) is 6.92 Å². The van der Waals surface area contributed by atoms with Crippen LogP contribution in [0.2, 0.25) is 0 Å². The lowest BCUT2D eigenvalue weighted by atomic mass is 9.97. The first kappa shape index (κ1) is 36.9. The maximum atomic E-state index is 14.0. The van der Waals surface area contributed by atoms with Crippen molar-refractivity contribution in [3.05, 3.63) is 72.6 Å². The zero-order chi connectivity index (χ0) is 36.4. The predicted octanol–water partition coefficient (Wildman–Crippen LogP) is 1.47. The molecule has 0 amide bonds. The molecule has 15 nitrogen and oxygen atoms in total. The first-order valence-corrected chi connectivity index (χ1v) is 17.2. The molecule has 0 bridgehead atoms. The van der Waals surface area contributed by atoms with E-state index in [-0.39, 0.29) is 11.4 Å². The van der Waals surface area contributed by atoms with E-state index >= 15 is 0 Å². The highest BCUT2D eigenvalue weighted by Gasteiger charge is 2.52. The monoisotopic (exact) mass is 732 g/mol. The molecule has 0 aliphatic carbocycles. The lowest BCUT2D eigenvalue weighted by Crippen LogP contribution is -2.58. The summed E-state index contributed by atoms with van der Waals surface area (Å²) in [6, 6.07) is 8.80. The van der Waals surface area contributed by atoms with Gasteiger partial charge in [-0.1, -0.05) is 60.3 Å². The van der Waals surface area contributed by atoms with E-state index in [0.29, 0.717) is 17.5 Å². The van der Waals surface area contributed by atoms with Gasteiger partial charge >= 0.3 is 5.97 Å². The van der Waals surface area contributed by atoms with E-state index in [9.17, 15) is 39.1 Å². The van der Waals surface area contributed by atoms with E-state index in [0.717, 1.165) is 11.8 Å². The van der Waals surface area contributed by atoms with Crippen LogP contribution >= 0.6 is 11.8 Å². The Balaban J connectivity index is 1.28. The van der Waals surface area contributed by atoms with Crippen molar-refractivity contribution in [2.75, 3.05) is 13.2 Å². The average Bonchev–Trinajstić information content (AvgIpc) is 3.81. The fourth-order valence-electron chi connectivity index (χ4n) is 5.98. The molecule has 5 N–H and O–H groups in total. The molecule has 0 spiro atoms. The third-order valence-corrected chi connectivity index (χ3v) is 10.4. The molecule has 2 aromatic carbocycles. The van der Waals surface area contributed by atoms with Crippen molar-refractivity contribution in [1.29, 1.82) is 0 Å². The van der Waals surface area contributed by atoms with E-state index in [2.05, 4.69) is 20.6 Å². The van der Waals surface area contributed by atoms with Crippen LogP contribution in [0.3, 0.4) is 0 Å². The van der Waals surface area contributed by atoms with Crippen LogP contribution in [0, 0.1) is 17.6 Å². The molecular formula is C33H38F2N6O9S. The number of carbonyl (C=O) groups excluding carboxylic acids is 1. The summed E-state index contributed by atoms with van der Waals surface area (Å²) in [6.07, 6.45) is -5.13. The number of ether oxygens (including phenoxy) is 3. The molecule has 0 saturated carbocycles. The number of aliphatic hydroxyl groups excluding tert-OH is 5. The second-order valence-corrected chi connectivity index (χ2v) is 13.7. The Morgan fingerprint density at radius 1 is 0.843 bits per heavy atom. The van der Waals surface area contributed by atoms with Crippen molar-refractivity contribution in [2.45, 2.75) is 79.8 Å². The topological polar surface area (TPSA) is 207 Å². The number of nitrogens with zero attached hydrogens (tertiary/aromatic N) is 6. The van der Waals surface area contributed by atoms with Gasteiger partial charge in [-0.25, -0.2) is 18.1 Å². The maximum Gasteiger partial charge on any atom is 0.308 e. The van der Waals surface area contributed by atoms with Crippen molar-refractivity contribution in [1.82, 2.24) is 30.0 Å². The zero-order valence-corrected chi connectivity index (χ0v) is 28.3. The van der Waals surface area contributed by atoms with Crippen LogP contribution in [0.25, 0.3) is 22.5 Å². The number of carbonyl (C=O) groups is 1. The van der Waals surface area contributed by atoms with Gasteiger partial charge in [0, 0.05) is 11.1 Å². The number of aromatic nitrogens is 6. The van der Waals surface area contributed by atoms with Gasteiger partial charge in [0.1, 0.15) is 89.2 Å². The highest BCUT2D eigenvalue weighted by Crippen LogP contribution is 2.42. The fourth-order valence-corrected chi connectivity index (χ4v) is 7.30. The van der Waals surface area contributed by atoms with Gasteiger partial charge in [-0.05, 0) is 30.7 Å². The van der Waals surface area contributed by atoms with Crippen LogP contribution in [0.15, 0.2) is 60.9 Å². The molecule has 18 heteroatoms. The predicted molar refractivity (Wildman–Crippen MR) is 175 cm³/mol. The largest absolute Gasteiger partial charge is 0.463 e. The van der Waals surface area contributed by atoms with Crippen molar-refractivity contribution < 1.29 is 53.3 Å². The summed E-state index contributed by atoms with van der Waals surface area (Å²) < 4.78 is 47.7. The van der Waals surface area contributed by atoms with E-state index in [1.165, 1.54) is 58.2 Å². The molecule has 274 valence electrons. The first-order chi connectivity index (χ1) is 24.5. The molecule has 4 aromatic rings. The maximum absolute atomic E-state index is 14.0. The van der Waals surface area contributed by atoms with Crippen molar-refractivity contribution in [3.63, 3.8) is 0 Å². The fraction of sp³-hybridized carbons (Fsp3) is 0.485. The van der Waals surface area contributed by atoms with E-state index in [1.54, 1.807) is 19.1 Å². The van der Waals surface area contributed by atoms with Gasteiger partial charge in [0.25, 0.3) is 0 Å². The van der Waals surface area contributed by atoms with E-state index < -0.39 is 96.3 Å². The van der Waals surface area contributed by atoms with Gasteiger partial charge in [-0.15, -0.1) is 10.2 Å². The lowest BCUT2D eigenvalue weighted by molar-refractivity contribution is -0.194. The van der Waals surface area contributed by atoms with Gasteiger partial charge in [-0.3, -0.25) is 4.79 Å². The van der Waals surface area contributed by atoms with Crippen LogP contribution in [0.5, 0.6) is 0 Å². The Bertz CT molecular complexity index is 1800. The first-order valence-electron chi connectivity index (χ1n) is 16.3. The minimum atomic E-state index is -1.55. The van der Waals surface area contributed by atoms with Gasteiger partial charge in [0.15, 0.2) is 0 Å². The number of thioether (sulfide) groups is 1. The second kappa shape index (κ2) is 15.8. The van der Waals surface area contributed by atoms with Crippen molar-refractivity contribution in [2.24, 2.45) is 5.92 Å². The molecule has 2 fully saturated rings. The van der Waals surface area contributed by atoms with Crippen LogP contribution in [0.1, 0.15) is 32.4 Å². The molecule has 4 heterocycles. The Hall–Kier alpha value is -3.88. The number of benzene rings is 2. The van der Waals surface area contributed by atoms with Gasteiger partial charge < -0.3 is 39.7 Å².